The van der Waals surface area contributed by atoms with Crippen molar-refractivity contribution in [1.82, 2.24) is 4.90 Å². The van der Waals surface area contributed by atoms with Crippen molar-refractivity contribution in [3.8, 4) is 0 Å². The Bertz CT molecular complexity index is 880. The number of nitrogens with one attached hydrogen (secondary N) is 1. The second kappa shape index (κ2) is 8.78. The maximum atomic E-state index is 13.2. The molecule has 152 valence electrons. The summed E-state index contributed by atoms with van der Waals surface area (Å²) in [5.74, 6) is -0.544. The molecular weight excluding hydrogens is 365 g/mol. The highest BCUT2D eigenvalue weighted by Crippen LogP contribution is 2.28. The van der Waals surface area contributed by atoms with Gasteiger partial charge in [0.25, 0.3) is 0 Å². The fraction of sp³-hybridized carbons (Fsp3) is 0.375. The highest BCUT2D eigenvalue weighted by molar-refractivity contribution is 6.02. The quantitative estimate of drug-likeness (QED) is 0.758. The van der Waals surface area contributed by atoms with Crippen LogP contribution in [0.1, 0.15) is 31.7 Å². The predicted molar refractivity (Wildman–Crippen MR) is 117 cm³/mol. The van der Waals surface area contributed by atoms with E-state index in [2.05, 4.69) is 34.2 Å². The van der Waals surface area contributed by atoms with Crippen LogP contribution in [0.25, 0.3) is 6.08 Å². The van der Waals surface area contributed by atoms with Gasteiger partial charge in [0, 0.05) is 42.6 Å². The summed E-state index contributed by atoms with van der Waals surface area (Å²) in [6.45, 7) is 5.73. The summed E-state index contributed by atoms with van der Waals surface area (Å²) in [5.41, 5.74) is 2.62. The van der Waals surface area contributed by atoms with Gasteiger partial charge in [-0.3, -0.25) is 9.69 Å². The van der Waals surface area contributed by atoms with Crippen LogP contribution < -0.4 is 10.2 Å². The van der Waals surface area contributed by atoms with Crippen LogP contribution in [0.4, 0.5) is 15.8 Å². The van der Waals surface area contributed by atoms with E-state index in [1.54, 1.807) is 18.2 Å². The zero-order valence-electron chi connectivity index (χ0n) is 16.9. The van der Waals surface area contributed by atoms with E-state index in [-0.39, 0.29) is 11.7 Å². The molecule has 2 atom stereocenters. The first-order chi connectivity index (χ1) is 14.1. The minimum atomic E-state index is -0.313. The van der Waals surface area contributed by atoms with Gasteiger partial charge in [0.05, 0.1) is 0 Å². The number of nitrogens with zero attached hydrogens (tertiary/aromatic N) is 2. The SMILES string of the molecule is CC1CCCN1C1CCN(c2ccc(NC(=O)C=Cc3cccc(F)c3)cc2)C1. The molecule has 5 heteroatoms. The van der Waals surface area contributed by atoms with Crippen LogP contribution in [0.3, 0.4) is 0 Å². The number of hydrogen-bond acceptors (Lipinski definition) is 3. The Balaban J connectivity index is 1.32. The summed E-state index contributed by atoms with van der Waals surface area (Å²) in [4.78, 5) is 17.2. The Morgan fingerprint density at radius 3 is 2.69 bits per heavy atom. The van der Waals surface area contributed by atoms with Crippen LogP contribution in [0.5, 0.6) is 0 Å². The van der Waals surface area contributed by atoms with Gasteiger partial charge in [-0.2, -0.15) is 0 Å². The lowest BCUT2D eigenvalue weighted by Gasteiger charge is -2.28. The van der Waals surface area contributed by atoms with Crippen LogP contribution >= 0.6 is 0 Å². The standard InChI is InChI=1S/C24H28FN3O/c1-18-4-3-14-28(18)23-13-15-27(17-23)22-10-8-21(9-11-22)26-24(29)12-7-19-5-2-6-20(25)16-19/h2,5-12,16,18,23H,3-4,13-15,17H2,1H3,(H,26,29). The summed E-state index contributed by atoms with van der Waals surface area (Å²) in [7, 11) is 0. The number of rotatable bonds is 5. The maximum absolute atomic E-state index is 13.2. The third-order valence-electron chi connectivity index (χ3n) is 6.01. The number of carbonyl (C=O) groups is 1. The second-order valence-corrected chi connectivity index (χ2v) is 8.04. The highest BCUT2D eigenvalue weighted by atomic mass is 19.1. The van der Waals surface area contributed by atoms with Crippen molar-refractivity contribution in [2.24, 2.45) is 0 Å². The van der Waals surface area contributed by atoms with Crippen LogP contribution in [0, 0.1) is 5.82 Å². The molecule has 2 aliphatic heterocycles. The van der Waals surface area contributed by atoms with Gasteiger partial charge < -0.3 is 10.2 Å². The number of carbonyl (C=O) groups excluding carboxylic acids is 1. The van der Waals surface area contributed by atoms with E-state index in [1.807, 2.05) is 12.1 Å². The summed E-state index contributed by atoms with van der Waals surface area (Å²) in [5, 5.41) is 2.86. The Kier molecular flexibility index (Phi) is 5.95. The first-order valence-corrected chi connectivity index (χ1v) is 10.4. The molecule has 0 spiro atoms. The first kappa shape index (κ1) is 19.6. The highest BCUT2D eigenvalue weighted by Gasteiger charge is 2.32. The van der Waals surface area contributed by atoms with E-state index in [0.29, 0.717) is 17.6 Å². The molecule has 0 aliphatic carbocycles. The van der Waals surface area contributed by atoms with Crippen LogP contribution in [0.2, 0.25) is 0 Å². The van der Waals surface area contributed by atoms with Gasteiger partial charge in [0.15, 0.2) is 0 Å². The number of likely N-dealkylation sites (tertiary alicyclic amines) is 1. The van der Waals surface area contributed by atoms with E-state index >= 15 is 0 Å². The van der Waals surface area contributed by atoms with E-state index in [9.17, 15) is 9.18 Å². The average Bonchev–Trinajstić information content (AvgIpc) is 3.36. The fourth-order valence-corrected chi connectivity index (χ4v) is 4.47. The summed E-state index contributed by atoms with van der Waals surface area (Å²) >= 11 is 0. The molecule has 2 unspecified atom stereocenters. The third kappa shape index (κ3) is 4.85. The first-order valence-electron chi connectivity index (χ1n) is 10.4. The molecular formula is C24H28FN3O. The smallest absolute Gasteiger partial charge is 0.248 e. The Morgan fingerprint density at radius 1 is 1.14 bits per heavy atom. The summed E-state index contributed by atoms with van der Waals surface area (Å²) in [6, 6.07) is 15.5. The number of benzene rings is 2. The summed E-state index contributed by atoms with van der Waals surface area (Å²) in [6.07, 6.45) is 6.88. The molecule has 2 aromatic rings. The van der Waals surface area contributed by atoms with Crippen molar-refractivity contribution in [3.05, 3.63) is 66.0 Å². The van der Waals surface area contributed by atoms with Gasteiger partial charge in [-0.15, -0.1) is 0 Å². The molecule has 1 amide bonds. The van der Waals surface area contributed by atoms with Crippen molar-refractivity contribution < 1.29 is 9.18 Å². The topological polar surface area (TPSA) is 35.6 Å². The molecule has 4 nitrogen and oxygen atoms in total. The Morgan fingerprint density at radius 2 is 1.97 bits per heavy atom. The number of amides is 1. The van der Waals surface area contributed by atoms with Gasteiger partial charge in [-0.1, -0.05) is 12.1 Å². The second-order valence-electron chi connectivity index (χ2n) is 8.04. The largest absolute Gasteiger partial charge is 0.370 e. The molecule has 0 aromatic heterocycles. The van der Waals surface area contributed by atoms with Gasteiger partial charge in [0.1, 0.15) is 5.82 Å². The molecule has 29 heavy (non-hydrogen) atoms. The average molecular weight is 394 g/mol. The fourth-order valence-electron chi connectivity index (χ4n) is 4.47. The number of halogens is 1. The van der Waals surface area contributed by atoms with Crippen LogP contribution in [-0.4, -0.2) is 42.5 Å². The number of anilines is 2. The molecule has 2 aliphatic rings. The lowest BCUT2D eigenvalue weighted by molar-refractivity contribution is -0.111. The van der Waals surface area contributed by atoms with Gasteiger partial charge in [-0.25, -0.2) is 4.39 Å². The molecule has 2 saturated heterocycles. The minimum absolute atomic E-state index is 0.230. The van der Waals surface area contributed by atoms with Crippen molar-refractivity contribution in [2.45, 2.75) is 38.3 Å². The van der Waals surface area contributed by atoms with E-state index in [1.165, 1.54) is 49.7 Å². The monoisotopic (exact) mass is 393 g/mol. The van der Waals surface area contributed by atoms with E-state index in [4.69, 9.17) is 0 Å². The molecule has 2 aromatic carbocycles. The lowest BCUT2D eigenvalue weighted by atomic mass is 10.2. The van der Waals surface area contributed by atoms with Crippen molar-refractivity contribution in [3.63, 3.8) is 0 Å². The molecule has 4 rings (SSSR count). The Hall–Kier alpha value is -2.66. The lowest BCUT2D eigenvalue weighted by Crippen LogP contribution is -2.39. The zero-order valence-corrected chi connectivity index (χ0v) is 16.9. The minimum Gasteiger partial charge on any atom is -0.370 e. The molecule has 0 bridgehead atoms. The predicted octanol–water partition coefficient (Wildman–Crippen LogP) is 4.54. The zero-order chi connectivity index (χ0) is 20.2. The number of hydrogen-bond donors (Lipinski definition) is 1. The van der Waals surface area contributed by atoms with Crippen molar-refractivity contribution in [2.75, 3.05) is 29.9 Å². The summed E-state index contributed by atoms with van der Waals surface area (Å²) < 4.78 is 13.2. The van der Waals surface area contributed by atoms with Crippen molar-refractivity contribution in [1.29, 1.82) is 0 Å². The molecule has 1 N–H and O–H groups in total. The van der Waals surface area contributed by atoms with Crippen LogP contribution in [0.15, 0.2) is 54.6 Å². The molecule has 0 saturated carbocycles. The normalized spacial score (nSPS) is 22.5. The molecule has 0 radical (unpaired) electrons. The third-order valence-corrected chi connectivity index (χ3v) is 6.01. The van der Waals surface area contributed by atoms with E-state index < -0.39 is 0 Å². The van der Waals surface area contributed by atoms with Crippen LogP contribution in [-0.2, 0) is 4.79 Å². The van der Waals surface area contributed by atoms with Gasteiger partial charge in [0.2, 0.25) is 5.91 Å². The Labute approximate surface area is 172 Å². The molecule has 2 fully saturated rings. The van der Waals surface area contributed by atoms with E-state index in [0.717, 1.165) is 18.8 Å². The van der Waals surface area contributed by atoms with Crippen molar-refractivity contribution >= 4 is 23.4 Å². The maximum Gasteiger partial charge on any atom is 0.248 e. The molecule has 2 heterocycles. The van der Waals surface area contributed by atoms with Gasteiger partial charge >= 0.3 is 0 Å². The van der Waals surface area contributed by atoms with Gasteiger partial charge in [-0.05, 0) is 80.8 Å².